The third-order valence-corrected chi connectivity index (χ3v) is 4.00. The minimum absolute atomic E-state index is 0.313. The first-order chi connectivity index (χ1) is 11.6. The van der Waals surface area contributed by atoms with Crippen molar-refractivity contribution < 1.29 is 9.21 Å². The lowest BCUT2D eigenvalue weighted by atomic mass is 10.1. The molecule has 5 nitrogen and oxygen atoms in total. The molecule has 0 aliphatic carbocycles. The Morgan fingerprint density at radius 1 is 0.958 bits per heavy atom. The van der Waals surface area contributed by atoms with E-state index in [0.717, 1.165) is 27.8 Å². The molecular weight excluding hydrogens is 302 g/mol. The molecule has 24 heavy (non-hydrogen) atoms. The van der Waals surface area contributed by atoms with Gasteiger partial charge in [-0.25, -0.2) is 0 Å². The molecule has 0 fully saturated rings. The van der Waals surface area contributed by atoms with Gasteiger partial charge in [0.1, 0.15) is 16.8 Å². The maximum Gasteiger partial charge on any atom is 0.185 e. The normalized spacial score (nSPS) is 11.1. The van der Waals surface area contributed by atoms with Crippen LogP contribution in [0.5, 0.6) is 0 Å². The highest BCUT2D eigenvalue weighted by Gasteiger charge is 2.12. The van der Waals surface area contributed by atoms with Crippen LogP contribution >= 0.6 is 0 Å². The predicted molar refractivity (Wildman–Crippen MR) is 91.4 cm³/mol. The number of nitrogens with zero attached hydrogens (tertiary/aromatic N) is 3. The zero-order chi connectivity index (χ0) is 16.7. The molecule has 0 spiro atoms. The van der Waals surface area contributed by atoms with Gasteiger partial charge in [-0.2, -0.15) is 4.80 Å². The Kier molecular flexibility index (Phi) is 3.27. The van der Waals surface area contributed by atoms with E-state index in [0.29, 0.717) is 17.8 Å². The molecule has 5 heteroatoms. The third kappa shape index (κ3) is 2.40. The van der Waals surface area contributed by atoms with Crippen molar-refractivity contribution >= 4 is 17.3 Å². The first-order valence-corrected chi connectivity index (χ1v) is 7.64. The molecule has 2 heterocycles. The zero-order valence-electron chi connectivity index (χ0n) is 13.4. The Labute approximate surface area is 138 Å². The van der Waals surface area contributed by atoms with E-state index < -0.39 is 0 Å². The number of benzene rings is 2. The van der Waals surface area contributed by atoms with Gasteiger partial charge in [0.25, 0.3) is 0 Å². The molecule has 2 aromatic heterocycles. The molecule has 0 N–H and O–H groups in total. The zero-order valence-corrected chi connectivity index (χ0v) is 13.4. The highest BCUT2D eigenvalue weighted by atomic mass is 16.3. The number of rotatable bonds is 3. The summed E-state index contributed by atoms with van der Waals surface area (Å²) in [4.78, 5) is 12.4. The van der Waals surface area contributed by atoms with Crippen molar-refractivity contribution in [3.8, 4) is 17.0 Å². The van der Waals surface area contributed by atoms with Gasteiger partial charge in [-0.15, -0.1) is 10.2 Å². The minimum Gasteiger partial charge on any atom is -0.453 e. The summed E-state index contributed by atoms with van der Waals surface area (Å²) in [6.45, 7) is 4.03. The van der Waals surface area contributed by atoms with Crippen LogP contribution in [0, 0.1) is 13.8 Å². The van der Waals surface area contributed by atoms with E-state index in [4.69, 9.17) is 4.42 Å². The summed E-state index contributed by atoms with van der Waals surface area (Å²) < 4.78 is 5.53. The van der Waals surface area contributed by atoms with Crippen LogP contribution in [0.2, 0.25) is 0 Å². The number of carbonyl (C=O) groups is 1. The fraction of sp³-hybridized carbons (Fsp3) is 0.105. The third-order valence-electron chi connectivity index (χ3n) is 4.00. The number of aldehydes is 1. The molecule has 4 aromatic rings. The van der Waals surface area contributed by atoms with Crippen molar-refractivity contribution in [2.45, 2.75) is 13.8 Å². The molecule has 0 unspecified atom stereocenters. The standard InChI is InChI=1S/C19H15N3O2/c1-12-3-5-14(6-4-12)22-20-17-9-13(2)16(10-18(17)21-22)19-8-7-15(11-23)24-19/h3-11H,1-2H3. The summed E-state index contributed by atoms with van der Waals surface area (Å²) in [5.41, 5.74) is 5.63. The van der Waals surface area contributed by atoms with Crippen LogP contribution in [0.1, 0.15) is 21.7 Å². The van der Waals surface area contributed by atoms with Gasteiger partial charge in [0, 0.05) is 5.56 Å². The predicted octanol–water partition coefficient (Wildman–Crippen LogP) is 4.11. The lowest BCUT2D eigenvalue weighted by Gasteiger charge is -2.01. The lowest BCUT2D eigenvalue weighted by molar-refractivity contribution is 0.110. The van der Waals surface area contributed by atoms with E-state index in [9.17, 15) is 4.79 Å². The van der Waals surface area contributed by atoms with E-state index in [1.54, 1.807) is 16.9 Å². The van der Waals surface area contributed by atoms with Gasteiger partial charge in [0.2, 0.25) is 0 Å². The second-order valence-electron chi connectivity index (χ2n) is 5.80. The first-order valence-electron chi connectivity index (χ1n) is 7.64. The van der Waals surface area contributed by atoms with Gasteiger partial charge in [0.15, 0.2) is 12.0 Å². The van der Waals surface area contributed by atoms with Gasteiger partial charge < -0.3 is 4.42 Å². The smallest absolute Gasteiger partial charge is 0.185 e. The van der Waals surface area contributed by atoms with Crippen LogP contribution < -0.4 is 0 Å². The number of hydrogen-bond acceptors (Lipinski definition) is 4. The molecule has 0 radical (unpaired) electrons. The van der Waals surface area contributed by atoms with Crippen LogP contribution in [0.25, 0.3) is 28.0 Å². The van der Waals surface area contributed by atoms with Gasteiger partial charge in [0.05, 0.1) is 5.69 Å². The Morgan fingerprint density at radius 2 is 1.67 bits per heavy atom. The molecule has 2 aromatic carbocycles. The summed E-state index contributed by atoms with van der Waals surface area (Å²) in [5, 5.41) is 9.11. The monoisotopic (exact) mass is 317 g/mol. The molecule has 4 rings (SSSR count). The molecule has 0 atom stereocenters. The molecule has 118 valence electrons. The minimum atomic E-state index is 0.313. The Hall–Kier alpha value is -3.21. The fourth-order valence-corrected chi connectivity index (χ4v) is 2.69. The second kappa shape index (κ2) is 5.45. The van der Waals surface area contributed by atoms with Gasteiger partial charge in [-0.05, 0) is 55.8 Å². The largest absolute Gasteiger partial charge is 0.453 e. The van der Waals surface area contributed by atoms with E-state index >= 15 is 0 Å². The number of fused-ring (bicyclic) bond motifs is 1. The first kappa shape index (κ1) is 14.4. The highest BCUT2D eigenvalue weighted by molar-refractivity contribution is 5.83. The topological polar surface area (TPSA) is 60.9 Å². The number of furan rings is 1. The number of aryl methyl sites for hydroxylation is 2. The summed E-state index contributed by atoms with van der Waals surface area (Å²) in [7, 11) is 0. The Bertz CT molecular complexity index is 1040. The number of carbonyl (C=O) groups excluding carboxylic acids is 1. The van der Waals surface area contributed by atoms with E-state index in [1.807, 2.05) is 50.2 Å². The summed E-state index contributed by atoms with van der Waals surface area (Å²) in [6, 6.07) is 15.4. The van der Waals surface area contributed by atoms with Crippen molar-refractivity contribution in [1.29, 1.82) is 0 Å². The van der Waals surface area contributed by atoms with Gasteiger partial charge in [-0.3, -0.25) is 4.79 Å². The van der Waals surface area contributed by atoms with Crippen molar-refractivity contribution in [3.63, 3.8) is 0 Å². The average molecular weight is 317 g/mol. The SMILES string of the molecule is Cc1ccc(-n2nc3cc(C)c(-c4ccc(C=O)o4)cc3n2)cc1. The van der Waals surface area contributed by atoms with Gasteiger partial charge in [-0.1, -0.05) is 17.7 Å². The van der Waals surface area contributed by atoms with E-state index in [1.165, 1.54) is 5.56 Å². The molecule has 0 saturated heterocycles. The quantitative estimate of drug-likeness (QED) is 0.533. The summed E-state index contributed by atoms with van der Waals surface area (Å²) >= 11 is 0. The van der Waals surface area contributed by atoms with Crippen LogP contribution in [0.4, 0.5) is 0 Å². The Balaban J connectivity index is 1.82. The average Bonchev–Trinajstić information content (AvgIpc) is 3.20. The lowest BCUT2D eigenvalue weighted by Crippen LogP contribution is -1.97. The van der Waals surface area contributed by atoms with Crippen molar-refractivity contribution in [3.05, 3.63) is 65.4 Å². The molecule has 0 amide bonds. The second-order valence-corrected chi connectivity index (χ2v) is 5.80. The van der Waals surface area contributed by atoms with Crippen molar-refractivity contribution in [1.82, 2.24) is 15.0 Å². The van der Waals surface area contributed by atoms with Crippen molar-refractivity contribution in [2.24, 2.45) is 0 Å². The Morgan fingerprint density at radius 3 is 2.33 bits per heavy atom. The number of aromatic nitrogens is 3. The summed E-state index contributed by atoms with van der Waals surface area (Å²) in [5.74, 6) is 0.967. The molecule has 0 saturated carbocycles. The van der Waals surface area contributed by atoms with Crippen LogP contribution in [-0.2, 0) is 0 Å². The van der Waals surface area contributed by atoms with E-state index in [-0.39, 0.29) is 0 Å². The maximum atomic E-state index is 10.8. The van der Waals surface area contributed by atoms with Gasteiger partial charge >= 0.3 is 0 Å². The van der Waals surface area contributed by atoms with Crippen molar-refractivity contribution in [2.75, 3.05) is 0 Å². The fourth-order valence-electron chi connectivity index (χ4n) is 2.69. The molecule has 0 bridgehead atoms. The molecule has 0 aliphatic rings. The maximum absolute atomic E-state index is 10.8. The van der Waals surface area contributed by atoms with Crippen LogP contribution in [-0.4, -0.2) is 21.3 Å². The van der Waals surface area contributed by atoms with E-state index in [2.05, 4.69) is 10.2 Å². The highest BCUT2D eigenvalue weighted by Crippen LogP contribution is 2.28. The molecular formula is C19H15N3O2. The van der Waals surface area contributed by atoms with Crippen LogP contribution in [0.3, 0.4) is 0 Å². The number of hydrogen-bond donors (Lipinski definition) is 0. The molecule has 0 aliphatic heterocycles. The van der Waals surface area contributed by atoms with Crippen LogP contribution in [0.15, 0.2) is 52.9 Å². The summed E-state index contributed by atoms with van der Waals surface area (Å²) in [6.07, 6.45) is 0.699.